The average molecular weight is 341 g/mol. The summed E-state index contributed by atoms with van der Waals surface area (Å²) in [6.07, 6.45) is 0. The van der Waals surface area contributed by atoms with E-state index in [9.17, 15) is 8.42 Å². The quantitative estimate of drug-likeness (QED) is 0.772. The zero-order chi connectivity index (χ0) is 16.7. The van der Waals surface area contributed by atoms with E-state index in [-0.39, 0.29) is 0 Å². The normalized spacial score (nSPS) is 16.8. The Balaban J connectivity index is 1.87. The van der Waals surface area contributed by atoms with Crippen LogP contribution in [0, 0.1) is 0 Å². The zero-order valence-electron chi connectivity index (χ0n) is 14.0. The molecule has 0 amide bonds. The third kappa shape index (κ3) is 5.54. The first-order valence-corrected chi connectivity index (χ1v) is 9.61. The van der Waals surface area contributed by atoms with E-state index in [0.717, 1.165) is 38.4 Å². The van der Waals surface area contributed by atoms with Gasteiger partial charge in [0.15, 0.2) is 0 Å². The molecule has 0 unspecified atom stereocenters. The van der Waals surface area contributed by atoms with Crippen LogP contribution in [0.2, 0.25) is 0 Å². The van der Waals surface area contributed by atoms with Crippen LogP contribution in [0.1, 0.15) is 25.0 Å². The molecule has 0 spiro atoms. The zero-order valence-corrected chi connectivity index (χ0v) is 14.8. The molecule has 23 heavy (non-hydrogen) atoms. The lowest BCUT2D eigenvalue weighted by Crippen LogP contribution is -2.40. The monoisotopic (exact) mass is 341 g/mol. The molecule has 0 bridgehead atoms. The van der Waals surface area contributed by atoms with E-state index in [1.807, 2.05) is 26.0 Å². The molecular weight excluding hydrogens is 314 g/mol. The van der Waals surface area contributed by atoms with Crippen molar-refractivity contribution in [3.63, 3.8) is 0 Å². The van der Waals surface area contributed by atoms with E-state index >= 15 is 0 Å². The SMILES string of the molecule is CCN(CC)S(=O)(=O)NCc1ccc(CN2CCOCC2)cc1. The molecule has 7 heteroatoms. The lowest BCUT2D eigenvalue weighted by Gasteiger charge is -2.26. The van der Waals surface area contributed by atoms with Gasteiger partial charge in [-0.05, 0) is 11.1 Å². The van der Waals surface area contributed by atoms with E-state index in [1.54, 1.807) is 0 Å². The van der Waals surface area contributed by atoms with Gasteiger partial charge in [-0.15, -0.1) is 0 Å². The van der Waals surface area contributed by atoms with Crippen LogP contribution in [-0.4, -0.2) is 57.0 Å². The van der Waals surface area contributed by atoms with Gasteiger partial charge in [-0.25, -0.2) is 0 Å². The number of hydrogen-bond donors (Lipinski definition) is 1. The molecule has 1 N–H and O–H groups in total. The van der Waals surface area contributed by atoms with Gasteiger partial charge in [0.1, 0.15) is 0 Å². The second-order valence-electron chi connectivity index (χ2n) is 5.62. The fourth-order valence-corrected chi connectivity index (χ4v) is 3.82. The van der Waals surface area contributed by atoms with Crippen molar-refractivity contribution in [1.82, 2.24) is 13.9 Å². The van der Waals surface area contributed by atoms with E-state index in [1.165, 1.54) is 9.87 Å². The second kappa shape index (κ2) is 8.75. The Morgan fingerprint density at radius 2 is 1.65 bits per heavy atom. The molecule has 0 aliphatic carbocycles. The number of morpholine rings is 1. The summed E-state index contributed by atoms with van der Waals surface area (Å²) < 4.78 is 33.6. The van der Waals surface area contributed by atoms with Gasteiger partial charge in [-0.3, -0.25) is 4.90 Å². The lowest BCUT2D eigenvalue weighted by atomic mass is 10.1. The predicted molar refractivity (Wildman–Crippen MR) is 91.2 cm³/mol. The number of nitrogens with one attached hydrogen (secondary N) is 1. The van der Waals surface area contributed by atoms with Gasteiger partial charge < -0.3 is 4.74 Å². The van der Waals surface area contributed by atoms with Crippen LogP contribution in [0.25, 0.3) is 0 Å². The van der Waals surface area contributed by atoms with Gasteiger partial charge in [0.2, 0.25) is 0 Å². The van der Waals surface area contributed by atoms with Gasteiger partial charge in [0.05, 0.1) is 13.2 Å². The summed E-state index contributed by atoms with van der Waals surface area (Å²) in [5.74, 6) is 0. The van der Waals surface area contributed by atoms with Crippen LogP contribution >= 0.6 is 0 Å². The minimum absolute atomic E-state index is 0.316. The van der Waals surface area contributed by atoms with Crippen LogP contribution in [-0.2, 0) is 28.0 Å². The Morgan fingerprint density at radius 1 is 1.09 bits per heavy atom. The van der Waals surface area contributed by atoms with Crippen molar-refractivity contribution in [1.29, 1.82) is 0 Å². The average Bonchev–Trinajstić information content (AvgIpc) is 2.56. The van der Waals surface area contributed by atoms with Gasteiger partial charge in [-0.2, -0.15) is 17.4 Å². The van der Waals surface area contributed by atoms with Gasteiger partial charge in [-0.1, -0.05) is 38.1 Å². The van der Waals surface area contributed by atoms with Crippen LogP contribution in [0.4, 0.5) is 0 Å². The molecule has 0 atom stereocenters. The number of benzene rings is 1. The molecule has 2 rings (SSSR count). The molecule has 0 aromatic heterocycles. The van der Waals surface area contributed by atoms with E-state index in [4.69, 9.17) is 4.74 Å². The molecule has 0 saturated carbocycles. The molecule has 1 aromatic carbocycles. The molecule has 1 heterocycles. The first kappa shape index (κ1) is 18.4. The number of nitrogens with zero attached hydrogens (tertiary/aromatic N) is 2. The summed E-state index contributed by atoms with van der Waals surface area (Å²) >= 11 is 0. The molecular formula is C16H27N3O3S. The number of hydrogen-bond acceptors (Lipinski definition) is 4. The number of ether oxygens (including phenoxy) is 1. The Labute approximate surface area is 139 Å². The highest BCUT2D eigenvalue weighted by atomic mass is 32.2. The third-order valence-corrected chi connectivity index (χ3v) is 5.74. The fourth-order valence-electron chi connectivity index (χ4n) is 2.61. The third-order valence-electron chi connectivity index (χ3n) is 4.04. The Kier molecular flexibility index (Phi) is 6.98. The number of rotatable bonds is 8. The van der Waals surface area contributed by atoms with Crippen molar-refractivity contribution in [3.05, 3.63) is 35.4 Å². The van der Waals surface area contributed by atoms with Crippen molar-refractivity contribution in [3.8, 4) is 0 Å². The summed E-state index contributed by atoms with van der Waals surface area (Å²) in [6.45, 7) is 9.37. The van der Waals surface area contributed by atoms with E-state index < -0.39 is 10.2 Å². The van der Waals surface area contributed by atoms with Crippen LogP contribution in [0.15, 0.2) is 24.3 Å². The maximum atomic E-state index is 12.1. The maximum absolute atomic E-state index is 12.1. The first-order chi connectivity index (χ1) is 11.0. The summed E-state index contributed by atoms with van der Waals surface area (Å²) in [4.78, 5) is 2.36. The van der Waals surface area contributed by atoms with Gasteiger partial charge in [0.25, 0.3) is 10.2 Å². The molecule has 1 aliphatic rings. The molecule has 1 aliphatic heterocycles. The van der Waals surface area contributed by atoms with Gasteiger partial charge in [0, 0.05) is 39.3 Å². The summed E-state index contributed by atoms with van der Waals surface area (Å²) in [6, 6.07) is 8.11. The smallest absolute Gasteiger partial charge is 0.279 e. The molecule has 1 saturated heterocycles. The van der Waals surface area contributed by atoms with Crippen molar-refractivity contribution in [2.75, 3.05) is 39.4 Å². The standard InChI is InChI=1S/C16H27N3O3S/c1-3-19(4-2)23(20,21)17-13-15-5-7-16(8-6-15)14-18-9-11-22-12-10-18/h5-8,17H,3-4,9-14H2,1-2H3. The molecule has 1 fully saturated rings. The topological polar surface area (TPSA) is 61.9 Å². The van der Waals surface area contributed by atoms with Crippen LogP contribution in [0.3, 0.4) is 0 Å². The van der Waals surface area contributed by atoms with E-state index in [2.05, 4.69) is 21.8 Å². The van der Waals surface area contributed by atoms with Crippen LogP contribution < -0.4 is 4.72 Å². The Bertz CT molecular complexity index is 565. The molecule has 130 valence electrons. The van der Waals surface area contributed by atoms with Crippen molar-refractivity contribution >= 4 is 10.2 Å². The highest BCUT2D eigenvalue weighted by molar-refractivity contribution is 7.87. The highest BCUT2D eigenvalue weighted by Crippen LogP contribution is 2.10. The molecule has 1 aromatic rings. The fraction of sp³-hybridized carbons (Fsp3) is 0.625. The summed E-state index contributed by atoms with van der Waals surface area (Å²) in [7, 11) is -3.39. The minimum Gasteiger partial charge on any atom is -0.379 e. The van der Waals surface area contributed by atoms with Crippen LogP contribution in [0.5, 0.6) is 0 Å². The summed E-state index contributed by atoms with van der Waals surface area (Å²) in [5.41, 5.74) is 2.20. The first-order valence-electron chi connectivity index (χ1n) is 8.17. The van der Waals surface area contributed by atoms with Gasteiger partial charge >= 0.3 is 0 Å². The van der Waals surface area contributed by atoms with Crippen molar-refractivity contribution in [2.24, 2.45) is 0 Å². The highest BCUT2D eigenvalue weighted by Gasteiger charge is 2.17. The van der Waals surface area contributed by atoms with E-state index in [0.29, 0.717) is 19.6 Å². The minimum atomic E-state index is -3.39. The van der Waals surface area contributed by atoms with Crippen molar-refractivity contribution in [2.45, 2.75) is 26.9 Å². The molecule has 6 nitrogen and oxygen atoms in total. The second-order valence-corrected chi connectivity index (χ2v) is 7.37. The molecule has 0 radical (unpaired) electrons. The largest absolute Gasteiger partial charge is 0.379 e. The Morgan fingerprint density at radius 3 is 2.22 bits per heavy atom. The maximum Gasteiger partial charge on any atom is 0.279 e. The Hall–Kier alpha value is -0.990. The summed E-state index contributed by atoms with van der Waals surface area (Å²) in [5, 5.41) is 0. The predicted octanol–water partition coefficient (Wildman–Crippen LogP) is 1.20. The van der Waals surface area contributed by atoms with Crippen molar-refractivity contribution < 1.29 is 13.2 Å². The lowest BCUT2D eigenvalue weighted by molar-refractivity contribution is 0.0342.